The fourth-order valence-electron chi connectivity index (χ4n) is 3.01. The fraction of sp³-hybridized carbons (Fsp3) is 0.0870. The lowest BCUT2D eigenvalue weighted by atomic mass is 10.1. The van der Waals surface area contributed by atoms with Crippen LogP contribution in [0.3, 0.4) is 0 Å². The van der Waals surface area contributed by atoms with Crippen LogP contribution < -0.4 is 10.5 Å². The number of hydrogen-bond acceptors (Lipinski definition) is 5. The molecule has 156 valence electrons. The molecule has 4 aromatic rings. The summed E-state index contributed by atoms with van der Waals surface area (Å²) in [6.45, 7) is 1.93. The quantitative estimate of drug-likeness (QED) is 0.453. The largest absolute Gasteiger partial charge is 0.483 e. The molecule has 0 spiro atoms. The lowest BCUT2D eigenvalue weighted by Crippen LogP contribution is -2.16. The maximum atomic E-state index is 14.4. The van der Waals surface area contributed by atoms with Crippen LogP contribution in [0.5, 0.6) is 5.75 Å². The Hall–Kier alpha value is -3.65. The van der Waals surface area contributed by atoms with E-state index in [2.05, 4.69) is 9.97 Å². The van der Waals surface area contributed by atoms with Crippen LogP contribution in [0.2, 0.25) is 0 Å². The Kier molecular flexibility index (Phi) is 5.73. The van der Waals surface area contributed by atoms with Gasteiger partial charge >= 0.3 is 0 Å². The minimum Gasteiger partial charge on any atom is -0.483 e. The Labute approximate surface area is 181 Å². The van der Waals surface area contributed by atoms with Crippen molar-refractivity contribution in [3.05, 3.63) is 88.6 Å². The number of rotatable bonds is 6. The molecule has 0 aliphatic carbocycles. The molecule has 31 heavy (non-hydrogen) atoms. The third-order valence-electron chi connectivity index (χ3n) is 4.55. The number of carbonyl (C=O) groups excluding carboxylic acids is 1. The summed E-state index contributed by atoms with van der Waals surface area (Å²) < 4.78 is 33.6. The normalized spacial score (nSPS) is 10.8. The van der Waals surface area contributed by atoms with Gasteiger partial charge in [0, 0.05) is 11.8 Å². The van der Waals surface area contributed by atoms with Crippen LogP contribution in [-0.2, 0) is 6.61 Å². The maximum Gasteiger partial charge on any atom is 0.254 e. The Bertz CT molecular complexity index is 1240. The lowest BCUT2D eigenvalue weighted by Gasteiger charge is -2.08. The van der Waals surface area contributed by atoms with E-state index in [0.29, 0.717) is 5.01 Å². The average Bonchev–Trinajstić information content (AvgIpc) is 3.18. The van der Waals surface area contributed by atoms with Gasteiger partial charge in [0.05, 0.1) is 16.3 Å². The number of thiazole rings is 1. The number of hydrogen-bond donors (Lipinski definition) is 1. The second-order valence-electron chi connectivity index (χ2n) is 6.75. The summed E-state index contributed by atoms with van der Waals surface area (Å²) in [7, 11) is 0. The number of pyridine rings is 1. The van der Waals surface area contributed by atoms with E-state index in [4.69, 9.17) is 10.5 Å². The molecule has 8 heteroatoms. The number of carbonyl (C=O) groups is 1. The summed E-state index contributed by atoms with van der Waals surface area (Å²) in [6, 6.07) is 15.6. The predicted octanol–water partition coefficient (Wildman–Crippen LogP) is 5.14. The standard InChI is InChI=1S/C23H17F2N3O2S/c1-13-5-7-14(8-6-13)21-22(16-4-2-3-11-27-16)31-18(28-21)12-30-17-10-9-15(24)19(20(17)25)23(26)29/h2-11H,12H2,1H3,(H2,26,29). The van der Waals surface area contributed by atoms with Crippen LogP contribution >= 0.6 is 11.3 Å². The first-order valence-corrected chi connectivity index (χ1v) is 10.1. The number of nitrogens with zero attached hydrogens (tertiary/aromatic N) is 2. The number of aryl methyl sites for hydroxylation is 1. The first-order chi connectivity index (χ1) is 14.9. The van der Waals surface area contributed by atoms with E-state index in [1.165, 1.54) is 11.3 Å². The van der Waals surface area contributed by atoms with Crippen molar-refractivity contribution < 1.29 is 18.3 Å². The van der Waals surface area contributed by atoms with Crippen molar-refractivity contribution >= 4 is 17.2 Å². The SMILES string of the molecule is Cc1ccc(-c2nc(COc3ccc(F)c(C(N)=O)c3F)sc2-c2ccccn2)cc1. The minimum atomic E-state index is -1.20. The van der Waals surface area contributed by atoms with Crippen LogP contribution in [0.15, 0.2) is 60.8 Å². The highest BCUT2D eigenvalue weighted by Gasteiger charge is 2.21. The van der Waals surface area contributed by atoms with E-state index in [1.54, 1.807) is 6.20 Å². The van der Waals surface area contributed by atoms with Gasteiger partial charge in [-0.2, -0.15) is 0 Å². The molecule has 0 saturated carbocycles. The van der Waals surface area contributed by atoms with Crippen molar-refractivity contribution in [2.75, 3.05) is 0 Å². The molecule has 0 fully saturated rings. The van der Waals surface area contributed by atoms with Gasteiger partial charge in [0.15, 0.2) is 11.6 Å². The third-order valence-corrected chi connectivity index (χ3v) is 5.60. The van der Waals surface area contributed by atoms with Gasteiger partial charge in [0.1, 0.15) is 23.0 Å². The lowest BCUT2D eigenvalue weighted by molar-refractivity contribution is 0.0991. The van der Waals surface area contributed by atoms with Crippen LogP contribution in [-0.4, -0.2) is 15.9 Å². The van der Waals surface area contributed by atoms with E-state index in [1.807, 2.05) is 49.4 Å². The van der Waals surface area contributed by atoms with E-state index in [0.717, 1.165) is 39.5 Å². The zero-order valence-electron chi connectivity index (χ0n) is 16.4. The van der Waals surface area contributed by atoms with Gasteiger partial charge in [-0.25, -0.2) is 13.8 Å². The zero-order chi connectivity index (χ0) is 22.0. The van der Waals surface area contributed by atoms with E-state index < -0.39 is 23.1 Å². The Morgan fingerprint density at radius 2 is 1.87 bits per heavy atom. The summed E-state index contributed by atoms with van der Waals surface area (Å²) in [5, 5.41) is 0.570. The molecule has 0 unspecified atom stereocenters. The van der Waals surface area contributed by atoms with Crippen molar-refractivity contribution in [1.29, 1.82) is 0 Å². The summed E-state index contributed by atoms with van der Waals surface area (Å²) >= 11 is 1.36. The molecule has 2 aromatic heterocycles. The van der Waals surface area contributed by atoms with Crippen LogP contribution in [0, 0.1) is 18.6 Å². The Morgan fingerprint density at radius 1 is 1.10 bits per heavy atom. The molecule has 0 aliphatic rings. The molecule has 0 bridgehead atoms. The van der Waals surface area contributed by atoms with E-state index in [9.17, 15) is 13.6 Å². The molecule has 2 N–H and O–H groups in total. The molecule has 0 aliphatic heterocycles. The van der Waals surface area contributed by atoms with Crippen molar-refractivity contribution in [2.45, 2.75) is 13.5 Å². The number of aromatic nitrogens is 2. The number of nitrogens with two attached hydrogens (primary N) is 1. The highest BCUT2D eigenvalue weighted by Crippen LogP contribution is 2.36. The van der Waals surface area contributed by atoms with Crippen LogP contribution in [0.25, 0.3) is 21.8 Å². The monoisotopic (exact) mass is 437 g/mol. The highest BCUT2D eigenvalue weighted by atomic mass is 32.1. The van der Waals surface area contributed by atoms with Crippen LogP contribution in [0.1, 0.15) is 20.9 Å². The molecular weight excluding hydrogens is 420 g/mol. The first kappa shape index (κ1) is 20.6. The Balaban J connectivity index is 1.68. The van der Waals surface area contributed by atoms with Gasteiger partial charge in [0.25, 0.3) is 5.91 Å². The minimum absolute atomic E-state index is 0.0723. The number of halogens is 2. The average molecular weight is 437 g/mol. The summed E-state index contributed by atoms with van der Waals surface area (Å²) in [5.74, 6) is -3.64. The topological polar surface area (TPSA) is 78.1 Å². The molecule has 2 aromatic carbocycles. The molecule has 5 nitrogen and oxygen atoms in total. The number of primary amides is 1. The molecule has 2 heterocycles. The van der Waals surface area contributed by atoms with Gasteiger partial charge in [-0.15, -0.1) is 11.3 Å². The van der Waals surface area contributed by atoms with E-state index >= 15 is 0 Å². The second-order valence-corrected chi connectivity index (χ2v) is 7.84. The number of ether oxygens (including phenoxy) is 1. The smallest absolute Gasteiger partial charge is 0.254 e. The predicted molar refractivity (Wildman–Crippen MR) is 115 cm³/mol. The van der Waals surface area contributed by atoms with Gasteiger partial charge in [0.2, 0.25) is 0 Å². The molecule has 0 atom stereocenters. The molecule has 0 radical (unpaired) electrons. The summed E-state index contributed by atoms with van der Waals surface area (Å²) in [6.07, 6.45) is 1.70. The van der Waals surface area contributed by atoms with Gasteiger partial charge in [-0.05, 0) is 31.2 Å². The van der Waals surface area contributed by atoms with Gasteiger partial charge in [-0.1, -0.05) is 35.9 Å². The van der Waals surface area contributed by atoms with Gasteiger partial charge in [-0.3, -0.25) is 9.78 Å². The molecular formula is C23H17F2N3O2S. The molecule has 4 rings (SSSR count). The molecule has 1 amide bonds. The zero-order valence-corrected chi connectivity index (χ0v) is 17.2. The van der Waals surface area contributed by atoms with Crippen molar-refractivity contribution in [1.82, 2.24) is 9.97 Å². The van der Waals surface area contributed by atoms with Crippen LogP contribution in [0.4, 0.5) is 8.78 Å². The first-order valence-electron chi connectivity index (χ1n) is 9.33. The van der Waals surface area contributed by atoms with E-state index in [-0.39, 0.29) is 12.4 Å². The number of amides is 1. The van der Waals surface area contributed by atoms with Crippen molar-refractivity contribution in [3.63, 3.8) is 0 Å². The van der Waals surface area contributed by atoms with Crippen molar-refractivity contribution in [2.24, 2.45) is 5.73 Å². The summed E-state index contributed by atoms with van der Waals surface area (Å²) in [4.78, 5) is 21.3. The fourth-order valence-corrected chi connectivity index (χ4v) is 3.99. The Morgan fingerprint density at radius 3 is 2.55 bits per heavy atom. The highest BCUT2D eigenvalue weighted by molar-refractivity contribution is 7.15. The van der Waals surface area contributed by atoms with Crippen molar-refractivity contribution in [3.8, 4) is 27.6 Å². The summed E-state index contributed by atoms with van der Waals surface area (Å²) in [5.41, 5.74) is 7.76. The van der Waals surface area contributed by atoms with Gasteiger partial charge < -0.3 is 10.5 Å². The maximum absolute atomic E-state index is 14.4. The second kappa shape index (κ2) is 8.61. The molecule has 0 saturated heterocycles. The number of benzene rings is 2. The third kappa shape index (κ3) is 4.29.